The number of halogens is 1. The lowest BCUT2D eigenvalue weighted by Crippen LogP contribution is -1.85. The number of aliphatic hydroxyl groups is 1. The normalized spacial score (nSPS) is 5.25. The Kier molecular flexibility index (Phi) is 77.9. The second-order valence-electron chi connectivity index (χ2n) is 1.09. The van der Waals surface area contributed by atoms with Crippen LogP contribution in [0, 0.1) is 0 Å². The largest absolute Gasteiger partial charge is 0.394 e. The van der Waals surface area contributed by atoms with E-state index in [2.05, 4.69) is 0 Å². The predicted octanol–water partition coefficient (Wildman–Crippen LogP) is 2.15. The first-order chi connectivity index (χ1) is 2.73. The van der Waals surface area contributed by atoms with Crippen molar-refractivity contribution in [1.82, 2.24) is 6.15 Å². The lowest BCUT2D eigenvalue weighted by molar-refractivity contribution is 0.216. The van der Waals surface area contributed by atoms with Gasteiger partial charge in [0.2, 0.25) is 0 Å². The van der Waals surface area contributed by atoms with Crippen molar-refractivity contribution in [3.8, 4) is 0 Å². The Morgan fingerprint density at radius 1 is 1.12 bits per heavy atom. The predicted molar refractivity (Wildman–Crippen MR) is 44.0 cm³/mol. The van der Waals surface area contributed by atoms with Crippen LogP contribution in [-0.2, 0) is 0 Å². The highest BCUT2D eigenvalue weighted by molar-refractivity contribution is 8.93. The molecule has 0 bridgehead atoms. The van der Waals surface area contributed by atoms with E-state index in [0.717, 1.165) is 0 Å². The van der Waals surface area contributed by atoms with Crippen LogP contribution in [0.2, 0.25) is 0 Å². The topological polar surface area (TPSA) is 55.2 Å². The van der Waals surface area contributed by atoms with Gasteiger partial charge in [-0.2, -0.15) is 0 Å². The fraction of sp³-hybridized carbons (Fsp3) is 1.00. The van der Waals surface area contributed by atoms with Gasteiger partial charge in [0, 0.05) is 6.10 Å². The maximum atomic E-state index is 8.06. The lowest BCUT2D eigenvalue weighted by Gasteiger charge is -1.80. The van der Waals surface area contributed by atoms with Gasteiger partial charge >= 0.3 is 0 Å². The van der Waals surface area contributed by atoms with Crippen molar-refractivity contribution in [2.45, 2.75) is 33.8 Å². The van der Waals surface area contributed by atoms with Crippen LogP contribution in [0.15, 0.2) is 0 Å². The van der Waals surface area contributed by atoms with Crippen LogP contribution in [0.5, 0.6) is 0 Å². The average molecular weight is 188 g/mol. The molecule has 0 aromatic rings. The Morgan fingerprint density at radius 3 is 1.12 bits per heavy atom. The molecule has 0 atom stereocenters. The number of hydrogen-bond acceptors (Lipinski definition) is 2. The van der Waals surface area contributed by atoms with E-state index >= 15 is 0 Å². The van der Waals surface area contributed by atoms with Crippen LogP contribution in [0.3, 0.4) is 0 Å². The van der Waals surface area contributed by atoms with E-state index in [1.165, 1.54) is 0 Å². The van der Waals surface area contributed by atoms with E-state index in [9.17, 15) is 0 Å². The summed E-state index contributed by atoms with van der Waals surface area (Å²) in [5.74, 6) is 0. The molecule has 4 N–H and O–H groups in total. The van der Waals surface area contributed by atoms with Gasteiger partial charge in [-0.25, -0.2) is 0 Å². The highest BCUT2D eigenvalue weighted by Crippen LogP contribution is 1.65. The third kappa shape index (κ3) is 1170. The van der Waals surface area contributed by atoms with E-state index in [1.54, 1.807) is 13.8 Å². The summed E-state index contributed by atoms with van der Waals surface area (Å²) in [4.78, 5) is 0. The van der Waals surface area contributed by atoms with Crippen molar-refractivity contribution in [3.05, 3.63) is 0 Å². The van der Waals surface area contributed by atoms with Gasteiger partial charge in [-0.05, 0) is 13.8 Å². The van der Waals surface area contributed by atoms with Gasteiger partial charge in [-0.1, -0.05) is 13.8 Å². The molecule has 0 rings (SSSR count). The van der Waals surface area contributed by atoms with E-state index < -0.39 is 0 Å². The van der Waals surface area contributed by atoms with E-state index in [-0.39, 0.29) is 29.2 Å². The third-order valence-electron chi connectivity index (χ3n) is 0. The zero-order valence-corrected chi connectivity index (χ0v) is 7.85. The van der Waals surface area contributed by atoms with Gasteiger partial charge in [0.25, 0.3) is 0 Å². The molecule has 0 heterocycles. The Hall–Kier alpha value is 0.400. The smallest absolute Gasteiger partial charge is 0.0483 e. The van der Waals surface area contributed by atoms with Crippen molar-refractivity contribution in [1.29, 1.82) is 0 Å². The molecular formula is C5H18BrNO. The second-order valence-corrected chi connectivity index (χ2v) is 1.09. The SMILES string of the molecule is Br.CC.CC(C)O.N. The molecule has 2 nitrogen and oxygen atoms in total. The molecule has 56 valence electrons. The molecule has 0 spiro atoms. The molecule has 0 aromatic heterocycles. The van der Waals surface area contributed by atoms with Crippen molar-refractivity contribution in [3.63, 3.8) is 0 Å². The zero-order chi connectivity index (χ0) is 5.58. The molecule has 0 fully saturated rings. The van der Waals surface area contributed by atoms with E-state index in [4.69, 9.17) is 5.11 Å². The zero-order valence-electron chi connectivity index (χ0n) is 6.14. The third-order valence-corrected chi connectivity index (χ3v) is 0. The molecule has 0 aromatic carbocycles. The quantitative estimate of drug-likeness (QED) is 0.611. The molecule has 0 unspecified atom stereocenters. The maximum absolute atomic E-state index is 8.06. The first-order valence-electron chi connectivity index (χ1n) is 2.41. The van der Waals surface area contributed by atoms with Crippen LogP contribution in [0.4, 0.5) is 0 Å². The number of rotatable bonds is 0. The summed E-state index contributed by atoms with van der Waals surface area (Å²) in [5.41, 5.74) is 0. The van der Waals surface area contributed by atoms with Gasteiger partial charge < -0.3 is 11.3 Å². The van der Waals surface area contributed by atoms with Gasteiger partial charge in [0.05, 0.1) is 0 Å². The summed E-state index contributed by atoms with van der Waals surface area (Å²) >= 11 is 0. The summed E-state index contributed by atoms with van der Waals surface area (Å²) in [6, 6.07) is 0. The van der Waals surface area contributed by atoms with Crippen LogP contribution in [0.1, 0.15) is 27.7 Å². The van der Waals surface area contributed by atoms with Crippen molar-refractivity contribution in [2.75, 3.05) is 0 Å². The minimum absolute atomic E-state index is 0. The molecule has 8 heavy (non-hydrogen) atoms. The van der Waals surface area contributed by atoms with Gasteiger partial charge in [-0.3, -0.25) is 0 Å². The Labute approximate surface area is 62.6 Å². The van der Waals surface area contributed by atoms with Gasteiger partial charge in [-0.15, -0.1) is 17.0 Å². The lowest BCUT2D eigenvalue weighted by atomic mass is 10.5. The van der Waals surface area contributed by atoms with Crippen molar-refractivity contribution < 1.29 is 5.11 Å². The molecule has 3 heteroatoms. The number of aliphatic hydroxyl groups excluding tert-OH is 1. The van der Waals surface area contributed by atoms with E-state index in [1.807, 2.05) is 13.8 Å². The van der Waals surface area contributed by atoms with Crippen molar-refractivity contribution in [2.24, 2.45) is 0 Å². The van der Waals surface area contributed by atoms with Gasteiger partial charge in [0.15, 0.2) is 0 Å². The highest BCUT2D eigenvalue weighted by Gasteiger charge is 1.69. The van der Waals surface area contributed by atoms with Crippen LogP contribution >= 0.6 is 17.0 Å². The fourth-order valence-electron chi connectivity index (χ4n) is 0. The Bertz CT molecular complexity index is 17.1. The summed E-state index contributed by atoms with van der Waals surface area (Å²) in [6.45, 7) is 7.44. The van der Waals surface area contributed by atoms with Gasteiger partial charge in [0.1, 0.15) is 0 Å². The standard InChI is InChI=1S/C3H8O.C2H6.BrH.H3N/c1-3(2)4;1-2;;/h3-4H,1-2H3;1-2H3;1H;1H3. The van der Waals surface area contributed by atoms with Crippen LogP contribution in [-0.4, -0.2) is 11.2 Å². The van der Waals surface area contributed by atoms with Crippen LogP contribution in [0.25, 0.3) is 0 Å². The molecule has 0 aliphatic rings. The summed E-state index contributed by atoms with van der Waals surface area (Å²) < 4.78 is 0. The molecule has 0 saturated heterocycles. The maximum Gasteiger partial charge on any atom is 0.0483 e. The summed E-state index contributed by atoms with van der Waals surface area (Å²) in [5, 5.41) is 8.06. The van der Waals surface area contributed by atoms with Crippen molar-refractivity contribution >= 4 is 17.0 Å². The molecule has 0 amide bonds. The van der Waals surface area contributed by atoms with E-state index in [0.29, 0.717) is 0 Å². The van der Waals surface area contributed by atoms with Crippen LogP contribution < -0.4 is 6.15 Å². The molecule has 0 saturated carbocycles. The first kappa shape index (κ1) is 23.8. The highest BCUT2D eigenvalue weighted by atomic mass is 79.9. The summed E-state index contributed by atoms with van der Waals surface area (Å²) in [7, 11) is 0. The molecular weight excluding hydrogens is 170 g/mol. The first-order valence-corrected chi connectivity index (χ1v) is 2.41. The Balaban J connectivity index is -0.0000000183. The Morgan fingerprint density at radius 2 is 1.12 bits per heavy atom. The molecule has 0 aliphatic carbocycles. The molecule has 0 radical (unpaired) electrons. The summed E-state index contributed by atoms with van der Waals surface area (Å²) in [6.07, 6.45) is -0.167. The molecule has 0 aliphatic heterocycles. The fourth-order valence-corrected chi connectivity index (χ4v) is 0. The minimum Gasteiger partial charge on any atom is -0.394 e. The monoisotopic (exact) mass is 187 g/mol. The average Bonchev–Trinajstić information content (AvgIpc) is 1.41. The second kappa shape index (κ2) is 26.2. The number of hydrogen-bond donors (Lipinski definition) is 2. The minimum atomic E-state index is -0.167.